The average Bonchev–Trinajstić information content (AvgIpc) is 1.88. The van der Waals surface area contributed by atoms with Crippen LogP contribution in [0.3, 0.4) is 0 Å². The van der Waals surface area contributed by atoms with Crippen molar-refractivity contribution in [1.29, 1.82) is 0 Å². The van der Waals surface area contributed by atoms with Crippen molar-refractivity contribution < 1.29 is 9.90 Å². The van der Waals surface area contributed by atoms with Gasteiger partial charge in [0.25, 0.3) is 0 Å². The molecule has 2 N–H and O–H groups in total. The molecule has 4 heteroatoms. The number of nitrogens with one attached hydrogen (secondary N) is 1. The summed E-state index contributed by atoms with van der Waals surface area (Å²) in [6.45, 7) is 1.59. The van der Waals surface area contributed by atoms with Crippen LogP contribution in [0.25, 0.3) is 0 Å². The van der Waals surface area contributed by atoms with Crippen LogP contribution >= 0.6 is 0 Å². The van der Waals surface area contributed by atoms with E-state index in [4.69, 9.17) is 5.11 Å². The Labute approximate surface area is 59.6 Å². The Balaban J connectivity index is 2.19. The summed E-state index contributed by atoms with van der Waals surface area (Å²) < 4.78 is 0. The van der Waals surface area contributed by atoms with Gasteiger partial charge in [-0.25, -0.2) is 10.1 Å². The summed E-state index contributed by atoms with van der Waals surface area (Å²) in [6, 6.07) is 0.134. The van der Waals surface area contributed by atoms with Gasteiger partial charge in [-0.1, -0.05) is 0 Å². The maximum absolute atomic E-state index is 10.1. The Morgan fingerprint density at radius 1 is 1.50 bits per heavy atom. The molecule has 10 heavy (non-hydrogen) atoms. The van der Waals surface area contributed by atoms with Gasteiger partial charge in [-0.15, -0.1) is 0 Å². The van der Waals surface area contributed by atoms with Crippen molar-refractivity contribution in [2.24, 2.45) is 0 Å². The number of hydrogen-bond donors (Lipinski definition) is 2. The van der Waals surface area contributed by atoms with Crippen LogP contribution in [-0.4, -0.2) is 30.3 Å². The summed E-state index contributed by atoms with van der Waals surface area (Å²) in [5, 5.41) is 14.9. The second-order valence-corrected chi connectivity index (χ2v) is 2.39. The van der Waals surface area contributed by atoms with Crippen LogP contribution in [0.5, 0.6) is 0 Å². The van der Waals surface area contributed by atoms with Crippen LogP contribution in [0.1, 0.15) is 12.8 Å². The smallest absolute Gasteiger partial charge is 0.404 e. The molecule has 0 aliphatic carbocycles. The van der Waals surface area contributed by atoms with Crippen molar-refractivity contribution in [3.8, 4) is 0 Å². The number of rotatable bonds is 1. The highest BCUT2D eigenvalue weighted by molar-refractivity contribution is 5.64. The standard InChI is InChI=1S/C6H11N2O2/c9-6(10)8-5-1-3-7-4-2-5/h5,8H,1-4H2,(H,9,10). The van der Waals surface area contributed by atoms with Crippen molar-refractivity contribution in [2.45, 2.75) is 18.9 Å². The molecule has 57 valence electrons. The van der Waals surface area contributed by atoms with Crippen molar-refractivity contribution in [2.75, 3.05) is 13.1 Å². The molecule has 1 aliphatic rings. The Kier molecular flexibility index (Phi) is 2.50. The molecule has 0 aromatic carbocycles. The first-order valence-corrected chi connectivity index (χ1v) is 3.42. The number of carboxylic acid groups (broad SMARTS) is 1. The minimum atomic E-state index is -0.924. The first kappa shape index (κ1) is 7.34. The van der Waals surface area contributed by atoms with Crippen molar-refractivity contribution >= 4 is 6.09 Å². The maximum atomic E-state index is 10.1. The highest BCUT2D eigenvalue weighted by Gasteiger charge is 2.14. The zero-order valence-corrected chi connectivity index (χ0v) is 5.71. The predicted molar refractivity (Wildman–Crippen MR) is 36.1 cm³/mol. The molecule has 1 heterocycles. The second kappa shape index (κ2) is 3.41. The van der Waals surface area contributed by atoms with E-state index < -0.39 is 6.09 Å². The molecule has 1 fully saturated rings. The average molecular weight is 143 g/mol. The molecule has 0 bridgehead atoms. The van der Waals surface area contributed by atoms with Crippen molar-refractivity contribution in [3.63, 3.8) is 0 Å². The van der Waals surface area contributed by atoms with Gasteiger partial charge >= 0.3 is 6.09 Å². The minimum Gasteiger partial charge on any atom is -0.465 e. The van der Waals surface area contributed by atoms with Gasteiger partial charge in [0, 0.05) is 19.1 Å². The van der Waals surface area contributed by atoms with Gasteiger partial charge in [-0.3, -0.25) is 0 Å². The normalized spacial score (nSPS) is 20.4. The molecule has 0 unspecified atom stereocenters. The zero-order chi connectivity index (χ0) is 7.40. The first-order chi connectivity index (χ1) is 4.79. The van der Waals surface area contributed by atoms with Gasteiger partial charge in [-0.05, 0) is 12.8 Å². The third kappa shape index (κ3) is 2.23. The van der Waals surface area contributed by atoms with E-state index >= 15 is 0 Å². The van der Waals surface area contributed by atoms with Crippen LogP contribution in [0.15, 0.2) is 0 Å². The van der Waals surface area contributed by atoms with Crippen molar-refractivity contribution in [3.05, 3.63) is 0 Å². The van der Waals surface area contributed by atoms with Gasteiger partial charge in [0.2, 0.25) is 0 Å². The fraction of sp³-hybridized carbons (Fsp3) is 0.833. The van der Waals surface area contributed by atoms with Crippen LogP contribution in [0.2, 0.25) is 0 Å². The molecular formula is C6H11N2O2. The fourth-order valence-corrected chi connectivity index (χ4v) is 1.07. The number of carbonyl (C=O) groups is 1. The number of amides is 1. The van der Waals surface area contributed by atoms with E-state index in [-0.39, 0.29) is 6.04 Å². The highest BCUT2D eigenvalue weighted by Crippen LogP contribution is 2.01. The van der Waals surface area contributed by atoms with Crippen LogP contribution in [0.4, 0.5) is 4.79 Å². The van der Waals surface area contributed by atoms with Crippen LogP contribution < -0.4 is 10.6 Å². The maximum Gasteiger partial charge on any atom is 0.404 e. The van der Waals surface area contributed by atoms with E-state index in [2.05, 4.69) is 10.6 Å². The van der Waals surface area contributed by atoms with Gasteiger partial charge in [0.15, 0.2) is 0 Å². The first-order valence-electron chi connectivity index (χ1n) is 3.42. The summed E-state index contributed by atoms with van der Waals surface area (Å²) in [7, 11) is 0. The second-order valence-electron chi connectivity index (χ2n) is 2.39. The Morgan fingerprint density at radius 3 is 2.60 bits per heavy atom. The van der Waals surface area contributed by atoms with E-state index in [1.165, 1.54) is 0 Å². The number of nitrogens with zero attached hydrogens (tertiary/aromatic N) is 1. The molecular weight excluding hydrogens is 132 g/mol. The monoisotopic (exact) mass is 143 g/mol. The Morgan fingerprint density at radius 2 is 2.10 bits per heavy atom. The Bertz CT molecular complexity index is 121. The number of hydrogen-bond acceptors (Lipinski definition) is 1. The lowest BCUT2D eigenvalue weighted by molar-refractivity contribution is 0.186. The van der Waals surface area contributed by atoms with Gasteiger partial charge in [0.05, 0.1) is 0 Å². The third-order valence-electron chi connectivity index (χ3n) is 1.60. The Hall–Kier alpha value is -0.770. The van der Waals surface area contributed by atoms with E-state index in [1.54, 1.807) is 0 Å². The summed E-state index contributed by atoms with van der Waals surface area (Å²) in [4.78, 5) is 10.1. The van der Waals surface area contributed by atoms with E-state index in [0.29, 0.717) is 0 Å². The molecule has 0 aromatic heterocycles. The highest BCUT2D eigenvalue weighted by atomic mass is 16.4. The molecule has 1 amide bonds. The quantitative estimate of drug-likeness (QED) is 0.543. The minimum absolute atomic E-state index is 0.134. The van der Waals surface area contributed by atoms with E-state index in [0.717, 1.165) is 25.9 Å². The SMILES string of the molecule is O=C(O)NC1CC[N]CC1. The summed E-state index contributed by atoms with van der Waals surface area (Å²) in [5.74, 6) is 0. The zero-order valence-electron chi connectivity index (χ0n) is 5.71. The lowest BCUT2D eigenvalue weighted by Gasteiger charge is -2.20. The lowest BCUT2D eigenvalue weighted by Crippen LogP contribution is -2.40. The molecule has 0 aromatic rings. The van der Waals surface area contributed by atoms with Gasteiger partial charge < -0.3 is 10.4 Å². The summed E-state index contributed by atoms with van der Waals surface area (Å²) in [5.41, 5.74) is 0. The molecule has 1 saturated heterocycles. The largest absolute Gasteiger partial charge is 0.465 e. The van der Waals surface area contributed by atoms with E-state index in [9.17, 15) is 4.79 Å². The summed E-state index contributed by atoms with van der Waals surface area (Å²) in [6.07, 6.45) is 0.783. The molecule has 0 saturated carbocycles. The molecule has 4 nitrogen and oxygen atoms in total. The molecule has 0 atom stereocenters. The third-order valence-corrected chi connectivity index (χ3v) is 1.60. The van der Waals surface area contributed by atoms with E-state index in [1.807, 2.05) is 0 Å². The number of piperidine rings is 1. The van der Waals surface area contributed by atoms with Crippen molar-refractivity contribution in [1.82, 2.24) is 10.6 Å². The van der Waals surface area contributed by atoms with Gasteiger partial charge in [0.1, 0.15) is 0 Å². The van der Waals surface area contributed by atoms with Crippen LogP contribution in [0, 0.1) is 0 Å². The molecule has 1 aliphatic heterocycles. The summed E-state index contributed by atoms with van der Waals surface area (Å²) >= 11 is 0. The van der Waals surface area contributed by atoms with Crippen LogP contribution in [-0.2, 0) is 0 Å². The predicted octanol–water partition coefficient (Wildman–Crippen LogP) is 0.0208. The topological polar surface area (TPSA) is 63.4 Å². The molecule has 1 radical (unpaired) electrons. The fourth-order valence-electron chi connectivity index (χ4n) is 1.07. The lowest BCUT2D eigenvalue weighted by atomic mass is 10.1. The molecule has 1 rings (SSSR count). The van der Waals surface area contributed by atoms with Gasteiger partial charge in [-0.2, -0.15) is 0 Å². The molecule has 0 spiro atoms.